The maximum atomic E-state index is 11.9. The highest BCUT2D eigenvalue weighted by molar-refractivity contribution is 5.85. The van der Waals surface area contributed by atoms with Crippen molar-refractivity contribution in [2.24, 2.45) is 5.92 Å². The minimum absolute atomic E-state index is 0. The molecular formula is C13H26ClN3O. The van der Waals surface area contributed by atoms with Gasteiger partial charge in [0.1, 0.15) is 0 Å². The van der Waals surface area contributed by atoms with Crippen LogP contribution in [0.2, 0.25) is 0 Å². The molecule has 106 valence electrons. The number of amides is 1. The van der Waals surface area contributed by atoms with Gasteiger partial charge in [-0.05, 0) is 51.2 Å². The summed E-state index contributed by atoms with van der Waals surface area (Å²) in [6, 6.07) is 0.0392. The van der Waals surface area contributed by atoms with E-state index < -0.39 is 0 Å². The summed E-state index contributed by atoms with van der Waals surface area (Å²) in [6.45, 7) is 7.42. The highest BCUT2D eigenvalue weighted by atomic mass is 35.5. The number of piperidine rings is 1. The van der Waals surface area contributed by atoms with E-state index in [2.05, 4.69) is 22.5 Å². The van der Waals surface area contributed by atoms with E-state index in [4.69, 9.17) is 0 Å². The molecule has 0 aliphatic carbocycles. The number of nitrogens with zero attached hydrogens (tertiary/aromatic N) is 1. The van der Waals surface area contributed by atoms with Gasteiger partial charge in [-0.1, -0.05) is 6.92 Å². The third-order valence-electron chi connectivity index (χ3n) is 3.91. The van der Waals surface area contributed by atoms with E-state index in [9.17, 15) is 4.79 Å². The molecule has 2 rings (SSSR count). The Morgan fingerprint density at radius 1 is 1.39 bits per heavy atom. The summed E-state index contributed by atoms with van der Waals surface area (Å²) >= 11 is 0. The van der Waals surface area contributed by atoms with Crippen molar-refractivity contribution in [3.8, 4) is 0 Å². The zero-order valence-corrected chi connectivity index (χ0v) is 12.1. The molecule has 0 bridgehead atoms. The molecule has 5 heteroatoms. The summed E-state index contributed by atoms with van der Waals surface area (Å²) in [7, 11) is 0. The molecule has 0 radical (unpaired) electrons. The summed E-state index contributed by atoms with van der Waals surface area (Å²) in [6.07, 6.45) is 4.80. The van der Waals surface area contributed by atoms with Gasteiger partial charge in [0.15, 0.2) is 0 Å². The molecule has 0 aromatic heterocycles. The predicted octanol–water partition coefficient (Wildman–Crippen LogP) is 1.01. The van der Waals surface area contributed by atoms with Crippen LogP contribution in [0.25, 0.3) is 0 Å². The molecule has 2 unspecified atom stereocenters. The van der Waals surface area contributed by atoms with E-state index in [-0.39, 0.29) is 24.4 Å². The fourth-order valence-corrected chi connectivity index (χ4v) is 2.77. The van der Waals surface area contributed by atoms with Gasteiger partial charge in [0.05, 0.1) is 6.04 Å². The Kier molecular flexibility index (Phi) is 6.97. The Hall–Kier alpha value is -0.320. The largest absolute Gasteiger partial charge is 0.353 e. The van der Waals surface area contributed by atoms with E-state index in [1.54, 1.807) is 0 Å². The van der Waals surface area contributed by atoms with Crippen LogP contribution in [0.3, 0.4) is 0 Å². The summed E-state index contributed by atoms with van der Waals surface area (Å²) in [5.41, 5.74) is 0. The number of hydrogen-bond acceptors (Lipinski definition) is 3. The van der Waals surface area contributed by atoms with E-state index in [0.717, 1.165) is 26.1 Å². The molecule has 2 heterocycles. The van der Waals surface area contributed by atoms with Crippen molar-refractivity contribution in [2.45, 2.75) is 38.6 Å². The zero-order chi connectivity index (χ0) is 12.1. The number of carbonyl (C=O) groups is 1. The molecule has 4 nitrogen and oxygen atoms in total. The van der Waals surface area contributed by atoms with Gasteiger partial charge in [-0.2, -0.15) is 0 Å². The van der Waals surface area contributed by atoms with Gasteiger partial charge in [-0.25, -0.2) is 0 Å². The van der Waals surface area contributed by atoms with Crippen molar-refractivity contribution in [1.29, 1.82) is 0 Å². The number of hydrogen-bond donors (Lipinski definition) is 2. The van der Waals surface area contributed by atoms with Crippen molar-refractivity contribution in [1.82, 2.24) is 15.5 Å². The maximum absolute atomic E-state index is 11.9. The van der Waals surface area contributed by atoms with Crippen LogP contribution < -0.4 is 10.6 Å². The Labute approximate surface area is 116 Å². The van der Waals surface area contributed by atoms with Crippen molar-refractivity contribution in [3.63, 3.8) is 0 Å². The molecule has 2 atom stereocenters. The Morgan fingerprint density at radius 2 is 2.11 bits per heavy atom. The molecule has 0 aromatic carbocycles. The van der Waals surface area contributed by atoms with Gasteiger partial charge in [-0.3, -0.25) is 4.79 Å². The lowest BCUT2D eigenvalue weighted by atomic mass is 9.94. The molecular weight excluding hydrogens is 250 g/mol. The van der Waals surface area contributed by atoms with E-state index >= 15 is 0 Å². The molecule has 2 aliphatic rings. The van der Waals surface area contributed by atoms with Crippen molar-refractivity contribution in [3.05, 3.63) is 0 Å². The fourth-order valence-electron chi connectivity index (χ4n) is 2.77. The SMILES string of the molecule is CC1CCNC(C(=O)NCCN2CCCC2)C1.Cl. The molecule has 0 saturated carbocycles. The summed E-state index contributed by atoms with van der Waals surface area (Å²) in [4.78, 5) is 14.4. The lowest BCUT2D eigenvalue weighted by Gasteiger charge is -2.27. The number of likely N-dealkylation sites (tertiary alicyclic amines) is 1. The molecule has 18 heavy (non-hydrogen) atoms. The van der Waals surface area contributed by atoms with Gasteiger partial charge in [0, 0.05) is 13.1 Å². The maximum Gasteiger partial charge on any atom is 0.237 e. The number of halogens is 1. The zero-order valence-electron chi connectivity index (χ0n) is 11.3. The highest BCUT2D eigenvalue weighted by Crippen LogP contribution is 2.14. The number of nitrogens with one attached hydrogen (secondary N) is 2. The second-order valence-electron chi connectivity index (χ2n) is 5.48. The van der Waals surface area contributed by atoms with Crippen molar-refractivity contribution >= 4 is 18.3 Å². The number of carbonyl (C=O) groups excluding carboxylic acids is 1. The molecule has 0 spiro atoms. The quantitative estimate of drug-likeness (QED) is 0.805. The summed E-state index contributed by atoms with van der Waals surface area (Å²) in [5.74, 6) is 0.862. The van der Waals surface area contributed by atoms with Crippen LogP contribution in [0, 0.1) is 5.92 Å². The Bertz CT molecular complexity index is 257. The van der Waals surface area contributed by atoms with Crippen LogP contribution in [-0.4, -0.2) is 49.6 Å². The first-order valence-electron chi connectivity index (χ1n) is 6.99. The van der Waals surface area contributed by atoms with E-state index in [0.29, 0.717) is 5.92 Å². The average Bonchev–Trinajstić information content (AvgIpc) is 2.82. The first-order valence-corrected chi connectivity index (χ1v) is 6.99. The van der Waals surface area contributed by atoms with Crippen LogP contribution >= 0.6 is 12.4 Å². The van der Waals surface area contributed by atoms with Crippen LogP contribution in [-0.2, 0) is 4.79 Å². The highest BCUT2D eigenvalue weighted by Gasteiger charge is 2.24. The minimum atomic E-state index is 0. The van der Waals surface area contributed by atoms with Gasteiger partial charge in [0.25, 0.3) is 0 Å². The third kappa shape index (κ3) is 4.75. The second-order valence-corrected chi connectivity index (χ2v) is 5.48. The van der Waals surface area contributed by atoms with Gasteiger partial charge in [-0.15, -0.1) is 12.4 Å². The van der Waals surface area contributed by atoms with E-state index in [1.165, 1.54) is 32.4 Å². The van der Waals surface area contributed by atoms with Gasteiger partial charge < -0.3 is 15.5 Å². The topological polar surface area (TPSA) is 44.4 Å². The first kappa shape index (κ1) is 15.7. The van der Waals surface area contributed by atoms with Crippen LogP contribution in [0.4, 0.5) is 0 Å². The van der Waals surface area contributed by atoms with E-state index in [1.807, 2.05) is 0 Å². The van der Waals surface area contributed by atoms with Crippen LogP contribution in [0.15, 0.2) is 0 Å². The lowest BCUT2D eigenvalue weighted by Crippen LogP contribution is -2.49. The van der Waals surface area contributed by atoms with Crippen LogP contribution in [0.1, 0.15) is 32.6 Å². The van der Waals surface area contributed by atoms with Gasteiger partial charge >= 0.3 is 0 Å². The molecule has 2 N–H and O–H groups in total. The van der Waals surface area contributed by atoms with Crippen LogP contribution in [0.5, 0.6) is 0 Å². The summed E-state index contributed by atoms with van der Waals surface area (Å²) in [5, 5.41) is 6.36. The summed E-state index contributed by atoms with van der Waals surface area (Å²) < 4.78 is 0. The molecule has 1 amide bonds. The molecule has 2 fully saturated rings. The van der Waals surface area contributed by atoms with Crippen molar-refractivity contribution < 1.29 is 4.79 Å². The van der Waals surface area contributed by atoms with Gasteiger partial charge in [0.2, 0.25) is 5.91 Å². The monoisotopic (exact) mass is 275 g/mol. The molecule has 2 aliphatic heterocycles. The van der Waals surface area contributed by atoms with Crippen molar-refractivity contribution in [2.75, 3.05) is 32.7 Å². The second kappa shape index (κ2) is 7.97. The first-order chi connectivity index (χ1) is 8.25. The minimum Gasteiger partial charge on any atom is -0.353 e. The average molecular weight is 276 g/mol. The predicted molar refractivity (Wildman–Crippen MR) is 76.1 cm³/mol. The molecule has 0 aromatic rings. The Balaban J connectivity index is 0.00000162. The Morgan fingerprint density at radius 3 is 2.78 bits per heavy atom. The molecule has 2 saturated heterocycles. The third-order valence-corrected chi connectivity index (χ3v) is 3.91. The number of rotatable bonds is 4. The fraction of sp³-hybridized carbons (Fsp3) is 0.923. The smallest absolute Gasteiger partial charge is 0.237 e. The normalized spacial score (nSPS) is 28.7. The lowest BCUT2D eigenvalue weighted by molar-refractivity contribution is -0.124. The standard InChI is InChI=1S/C13H25N3O.ClH/c1-11-4-5-14-12(10-11)13(17)15-6-9-16-7-2-3-8-16;/h11-12,14H,2-10H2,1H3,(H,15,17);1H.